The van der Waals surface area contributed by atoms with Gasteiger partial charge >= 0.3 is 0 Å². The first-order valence-electron chi connectivity index (χ1n) is 7.33. The number of aromatic nitrogens is 2. The fourth-order valence-corrected chi connectivity index (χ4v) is 2.76. The molecule has 2 aromatic rings. The van der Waals surface area contributed by atoms with Crippen molar-refractivity contribution in [1.29, 1.82) is 5.26 Å². The minimum atomic E-state index is 0.263. The Balaban J connectivity index is 1.88. The van der Waals surface area contributed by atoms with Gasteiger partial charge in [0.2, 0.25) is 0 Å². The molecule has 1 aromatic carbocycles. The predicted molar refractivity (Wildman–Crippen MR) is 78.2 cm³/mol. The molecule has 0 spiro atoms. The van der Waals surface area contributed by atoms with Crippen molar-refractivity contribution in [2.45, 2.75) is 38.6 Å². The molecule has 0 saturated heterocycles. The largest absolute Gasteiger partial charge is 0.272 e. The number of rotatable bonds is 5. The zero-order valence-corrected chi connectivity index (χ0v) is 11.8. The minimum Gasteiger partial charge on any atom is -0.272 e. The van der Waals surface area contributed by atoms with E-state index in [1.165, 1.54) is 18.4 Å². The average Bonchev–Trinajstić information content (AvgIpc) is 3.18. The second-order valence-electron chi connectivity index (χ2n) is 5.60. The minimum absolute atomic E-state index is 0.263. The first-order valence-corrected chi connectivity index (χ1v) is 7.33. The Labute approximate surface area is 119 Å². The Kier molecular flexibility index (Phi) is 3.56. The normalized spacial score (nSPS) is 15.8. The number of nitrogens with zero attached hydrogens (tertiary/aromatic N) is 3. The Morgan fingerprint density at radius 1 is 1.40 bits per heavy atom. The van der Waals surface area contributed by atoms with Gasteiger partial charge in [-0.1, -0.05) is 25.1 Å². The van der Waals surface area contributed by atoms with Gasteiger partial charge in [0.25, 0.3) is 0 Å². The third kappa shape index (κ3) is 2.60. The molecule has 0 amide bonds. The average molecular weight is 265 g/mol. The molecule has 0 unspecified atom stereocenters. The topological polar surface area (TPSA) is 41.6 Å². The van der Waals surface area contributed by atoms with E-state index in [0.29, 0.717) is 0 Å². The van der Waals surface area contributed by atoms with Crippen molar-refractivity contribution in [3.8, 4) is 6.07 Å². The SMILES string of the molecule is CC[C@H](c1cnn(CC2CC2)c1)c1ccccc1C#N. The lowest BCUT2D eigenvalue weighted by Gasteiger charge is -2.14. The summed E-state index contributed by atoms with van der Waals surface area (Å²) in [4.78, 5) is 0. The molecule has 0 N–H and O–H groups in total. The predicted octanol–water partition coefficient (Wildman–Crippen LogP) is 3.71. The monoisotopic (exact) mass is 265 g/mol. The zero-order valence-electron chi connectivity index (χ0n) is 11.8. The van der Waals surface area contributed by atoms with Gasteiger partial charge in [-0.05, 0) is 42.4 Å². The molecule has 3 nitrogen and oxygen atoms in total. The Morgan fingerprint density at radius 3 is 2.90 bits per heavy atom. The van der Waals surface area contributed by atoms with Crippen LogP contribution in [-0.4, -0.2) is 9.78 Å². The van der Waals surface area contributed by atoms with E-state index in [-0.39, 0.29) is 5.92 Å². The highest BCUT2D eigenvalue weighted by Gasteiger charge is 2.23. The molecule has 1 aliphatic rings. The summed E-state index contributed by atoms with van der Waals surface area (Å²) in [7, 11) is 0. The molecule has 1 fully saturated rings. The van der Waals surface area contributed by atoms with Crippen molar-refractivity contribution < 1.29 is 0 Å². The highest BCUT2D eigenvalue weighted by atomic mass is 15.3. The molecule has 1 heterocycles. The summed E-state index contributed by atoms with van der Waals surface area (Å²) in [5.41, 5.74) is 3.11. The summed E-state index contributed by atoms with van der Waals surface area (Å²) in [6, 6.07) is 10.2. The van der Waals surface area contributed by atoms with Crippen LogP contribution < -0.4 is 0 Å². The van der Waals surface area contributed by atoms with E-state index in [4.69, 9.17) is 0 Å². The first-order chi connectivity index (χ1) is 9.81. The van der Waals surface area contributed by atoms with E-state index < -0.39 is 0 Å². The number of benzene rings is 1. The second-order valence-corrected chi connectivity index (χ2v) is 5.60. The van der Waals surface area contributed by atoms with Crippen LogP contribution >= 0.6 is 0 Å². The van der Waals surface area contributed by atoms with Crippen LogP contribution in [0.2, 0.25) is 0 Å². The van der Waals surface area contributed by atoms with Gasteiger partial charge in [-0.15, -0.1) is 0 Å². The van der Waals surface area contributed by atoms with Crippen molar-refractivity contribution in [3.63, 3.8) is 0 Å². The summed E-state index contributed by atoms with van der Waals surface area (Å²) in [6.45, 7) is 3.20. The molecule has 1 aliphatic carbocycles. The quantitative estimate of drug-likeness (QED) is 0.827. The van der Waals surface area contributed by atoms with Crippen molar-refractivity contribution in [1.82, 2.24) is 9.78 Å². The van der Waals surface area contributed by atoms with E-state index in [1.807, 2.05) is 24.4 Å². The van der Waals surface area contributed by atoms with Crippen LogP contribution in [-0.2, 0) is 6.54 Å². The van der Waals surface area contributed by atoms with Crippen molar-refractivity contribution in [2.75, 3.05) is 0 Å². The molecular formula is C17H19N3. The Hall–Kier alpha value is -2.08. The molecule has 0 bridgehead atoms. The molecule has 20 heavy (non-hydrogen) atoms. The van der Waals surface area contributed by atoms with Gasteiger partial charge in [-0.2, -0.15) is 10.4 Å². The standard InChI is InChI=1S/C17H19N3/c1-2-16(17-6-4-3-5-14(17)9-18)15-10-19-20(12-15)11-13-7-8-13/h3-6,10,12-13,16H,2,7-8,11H2,1H3/t16-/m1/s1. The molecular weight excluding hydrogens is 246 g/mol. The van der Waals surface area contributed by atoms with Crippen LogP contribution in [0.25, 0.3) is 0 Å². The maximum absolute atomic E-state index is 9.27. The summed E-state index contributed by atoms with van der Waals surface area (Å²) in [6.07, 6.45) is 7.77. The fraction of sp³-hybridized carbons (Fsp3) is 0.412. The highest BCUT2D eigenvalue weighted by molar-refractivity contribution is 5.43. The molecule has 1 saturated carbocycles. The van der Waals surface area contributed by atoms with Gasteiger partial charge in [0.05, 0.1) is 17.8 Å². The third-order valence-electron chi connectivity index (χ3n) is 4.06. The smallest absolute Gasteiger partial charge is 0.0994 e. The molecule has 1 atom stereocenters. The van der Waals surface area contributed by atoms with Gasteiger partial charge in [0.15, 0.2) is 0 Å². The van der Waals surface area contributed by atoms with Crippen LogP contribution in [0.5, 0.6) is 0 Å². The van der Waals surface area contributed by atoms with Crippen LogP contribution in [0.3, 0.4) is 0 Å². The van der Waals surface area contributed by atoms with Gasteiger partial charge in [0, 0.05) is 18.7 Å². The molecule has 3 rings (SSSR count). The van der Waals surface area contributed by atoms with Crippen LogP contribution in [0.4, 0.5) is 0 Å². The lowest BCUT2D eigenvalue weighted by atomic mass is 9.88. The summed E-state index contributed by atoms with van der Waals surface area (Å²) in [5.74, 6) is 1.09. The Morgan fingerprint density at radius 2 is 2.20 bits per heavy atom. The maximum Gasteiger partial charge on any atom is 0.0994 e. The number of hydrogen-bond donors (Lipinski definition) is 0. The van der Waals surface area contributed by atoms with Crippen molar-refractivity contribution in [3.05, 3.63) is 53.3 Å². The highest BCUT2D eigenvalue weighted by Crippen LogP contribution is 2.32. The van der Waals surface area contributed by atoms with Gasteiger partial charge in [-0.3, -0.25) is 4.68 Å². The molecule has 0 radical (unpaired) electrons. The maximum atomic E-state index is 9.27. The van der Waals surface area contributed by atoms with Crippen LogP contribution in [0.1, 0.15) is 48.8 Å². The fourth-order valence-electron chi connectivity index (χ4n) is 2.76. The summed E-state index contributed by atoms with van der Waals surface area (Å²) in [5, 5.41) is 13.8. The van der Waals surface area contributed by atoms with E-state index in [9.17, 15) is 5.26 Å². The second kappa shape index (κ2) is 5.50. The Bertz CT molecular complexity index is 632. The number of nitriles is 1. The number of hydrogen-bond acceptors (Lipinski definition) is 2. The molecule has 0 aliphatic heterocycles. The van der Waals surface area contributed by atoms with Crippen molar-refractivity contribution in [2.24, 2.45) is 5.92 Å². The molecule has 1 aromatic heterocycles. The molecule has 102 valence electrons. The summed E-state index contributed by atoms with van der Waals surface area (Å²) < 4.78 is 2.06. The van der Waals surface area contributed by atoms with Gasteiger partial charge in [0.1, 0.15) is 0 Å². The first kappa shape index (κ1) is 12.9. The summed E-state index contributed by atoms with van der Waals surface area (Å²) >= 11 is 0. The lowest BCUT2D eigenvalue weighted by molar-refractivity contribution is 0.562. The van der Waals surface area contributed by atoms with E-state index >= 15 is 0 Å². The van der Waals surface area contributed by atoms with E-state index in [0.717, 1.165) is 30.0 Å². The zero-order chi connectivity index (χ0) is 13.9. The van der Waals surface area contributed by atoms with Crippen LogP contribution in [0.15, 0.2) is 36.7 Å². The van der Waals surface area contributed by atoms with Crippen molar-refractivity contribution >= 4 is 0 Å². The third-order valence-corrected chi connectivity index (χ3v) is 4.06. The van der Waals surface area contributed by atoms with E-state index in [1.54, 1.807) is 0 Å². The lowest BCUT2D eigenvalue weighted by Crippen LogP contribution is -2.02. The molecule has 3 heteroatoms. The van der Waals surface area contributed by atoms with Gasteiger partial charge < -0.3 is 0 Å². The van der Waals surface area contributed by atoms with Gasteiger partial charge in [-0.25, -0.2) is 0 Å². The van der Waals surface area contributed by atoms with E-state index in [2.05, 4.69) is 35.0 Å². The van der Waals surface area contributed by atoms with Crippen LogP contribution in [0, 0.1) is 17.2 Å².